The van der Waals surface area contributed by atoms with E-state index in [-0.39, 0.29) is 30.3 Å². The SMILES string of the molecule is CC(C)(C)OC(=O)N1C[C@@H](n2cc(-c3cccnc3)nn2)[C@H](OCc2cc(C(F)(F)F)ccc2Cl)C1. The summed E-state index contributed by atoms with van der Waals surface area (Å²) in [6.07, 6.45) is -0.624. The normalized spacial score (nSPS) is 18.5. The molecule has 1 fully saturated rings. The molecular weight excluding hydrogens is 499 g/mol. The summed E-state index contributed by atoms with van der Waals surface area (Å²) in [7, 11) is 0. The van der Waals surface area contributed by atoms with Gasteiger partial charge in [0.05, 0.1) is 37.1 Å². The highest BCUT2D eigenvalue weighted by atomic mass is 35.5. The largest absolute Gasteiger partial charge is 0.444 e. The highest BCUT2D eigenvalue weighted by molar-refractivity contribution is 6.31. The molecule has 1 aliphatic heterocycles. The van der Waals surface area contributed by atoms with Crippen LogP contribution < -0.4 is 0 Å². The molecule has 2 aromatic heterocycles. The zero-order chi connectivity index (χ0) is 26.1. The molecule has 0 aliphatic carbocycles. The number of hydrogen-bond donors (Lipinski definition) is 0. The van der Waals surface area contributed by atoms with Crippen LogP contribution >= 0.6 is 11.6 Å². The number of rotatable bonds is 5. The Labute approximate surface area is 211 Å². The molecule has 0 N–H and O–H groups in total. The fraction of sp³-hybridized carbons (Fsp3) is 0.417. The maximum Gasteiger partial charge on any atom is 0.416 e. The van der Waals surface area contributed by atoms with Crippen molar-refractivity contribution >= 4 is 17.7 Å². The molecule has 1 aliphatic rings. The second-order valence-corrected chi connectivity index (χ2v) is 9.84. The minimum Gasteiger partial charge on any atom is -0.444 e. The summed E-state index contributed by atoms with van der Waals surface area (Å²) in [4.78, 5) is 18.3. The number of alkyl halides is 3. The first-order valence-electron chi connectivity index (χ1n) is 11.2. The lowest BCUT2D eigenvalue weighted by Crippen LogP contribution is -2.36. The van der Waals surface area contributed by atoms with Crippen molar-refractivity contribution < 1.29 is 27.4 Å². The maximum atomic E-state index is 13.2. The minimum atomic E-state index is -4.51. The van der Waals surface area contributed by atoms with Crippen molar-refractivity contribution in [2.45, 2.75) is 51.3 Å². The summed E-state index contributed by atoms with van der Waals surface area (Å²) in [5.41, 5.74) is 0.0203. The van der Waals surface area contributed by atoms with Crippen LogP contribution in [0.3, 0.4) is 0 Å². The van der Waals surface area contributed by atoms with E-state index in [1.54, 1.807) is 50.1 Å². The average molecular weight is 524 g/mol. The molecule has 1 amide bonds. The van der Waals surface area contributed by atoms with E-state index in [4.69, 9.17) is 21.1 Å². The first kappa shape index (κ1) is 25.9. The Morgan fingerprint density at radius 3 is 2.64 bits per heavy atom. The standard InChI is InChI=1S/C24H25ClF3N5O3/c1-23(2,3)36-22(34)32-12-20(33-11-19(30-31-33)15-5-4-8-29-10-15)21(13-32)35-14-16-9-17(24(26,27)28)6-7-18(16)25/h4-11,20-21H,12-14H2,1-3H3/t20-,21-/m1/s1. The lowest BCUT2D eigenvalue weighted by Gasteiger charge is -2.24. The molecule has 0 saturated carbocycles. The summed E-state index contributed by atoms with van der Waals surface area (Å²) in [5.74, 6) is 0. The van der Waals surface area contributed by atoms with Crippen molar-refractivity contribution in [1.29, 1.82) is 0 Å². The van der Waals surface area contributed by atoms with Crippen LogP contribution in [0.25, 0.3) is 11.3 Å². The first-order chi connectivity index (χ1) is 16.9. The Morgan fingerprint density at radius 2 is 1.97 bits per heavy atom. The van der Waals surface area contributed by atoms with Crippen molar-refractivity contribution in [2.75, 3.05) is 13.1 Å². The zero-order valence-electron chi connectivity index (χ0n) is 19.9. The molecule has 36 heavy (non-hydrogen) atoms. The molecule has 192 valence electrons. The molecular formula is C24H25ClF3N5O3. The molecule has 8 nitrogen and oxygen atoms in total. The van der Waals surface area contributed by atoms with E-state index in [1.165, 1.54) is 11.0 Å². The van der Waals surface area contributed by atoms with E-state index in [9.17, 15) is 18.0 Å². The maximum absolute atomic E-state index is 13.2. The number of carbonyl (C=O) groups is 1. The highest BCUT2D eigenvalue weighted by Gasteiger charge is 2.40. The fourth-order valence-corrected chi connectivity index (χ4v) is 3.97. The number of nitrogens with zero attached hydrogens (tertiary/aromatic N) is 5. The fourth-order valence-electron chi connectivity index (χ4n) is 3.79. The predicted molar refractivity (Wildman–Crippen MR) is 125 cm³/mol. The molecule has 3 aromatic rings. The average Bonchev–Trinajstić information content (AvgIpc) is 3.45. The van der Waals surface area contributed by atoms with Crippen LogP contribution in [0.5, 0.6) is 0 Å². The van der Waals surface area contributed by atoms with Gasteiger partial charge in [0.25, 0.3) is 0 Å². The Morgan fingerprint density at radius 1 is 1.19 bits per heavy atom. The van der Waals surface area contributed by atoms with E-state index < -0.39 is 35.6 Å². The Bertz CT molecular complexity index is 1210. The quantitative estimate of drug-likeness (QED) is 0.446. The number of halogens is 4. The third kappa shape index (κ3) is 6.14. The van der Waals surface area contributed by atoms with Gasteiger partial charge in [-0.1, -0.05) is 16.8 Å². The third-order valence-corrected chi connectivity index (χ3v) is 5.89. The second-order valence-electron chi connectivity index (χ2n) is 9.43. The van der Waals surface area contributed by atoms with E-state index in [0.29, 0.717) is 5.69 Å². The Kier molecular flexibility index (Phi) is 7.24. The van der Waals surface area contributed by atoms with Gasteiger partial charge in [0.2, 0.25) is 0 Å². The highest BCUT2D eigenvalue weighted by Crippen LogP contribution is 2.33. The van der Waals surface area contributed by atoms with Gasteiger partial charge in [-0.3, -0.25) is 4.98 Å². The number of amides is 1. The molecule has 0 unspecified atom stereocenters. The molecule has 12 heteroatoms. The van der Waals surface area contributed by atoms with Crippen LogP contribution in [0.2, 0.25) is 5.02 Å². The van der Waals surface area contributed by atoms with Crippen molar-refractivity contribution in [1.82, 2.24) is 24.9 Å². The summed E-state index contributed by atoms with van der Waals surface area (Å²) >= 11 is 6.14. The lowest BCUT2D eigenvalue weighted by atomic mass is 10.1. The van der Waals surface area contributed by atoms with Gasteiger partial charge >= 0.3 is 12.3 Å². The minimum absolute atomic E-state index is 0.151. The van der Waals surface area contributed by atoms with Gasteiger partial charge in [-0.15, -0.1) is 5.10 Å². The molecule has 0 radical (unpaired) electrons. The smallest absolute Gasteiger partial charge is 0.416 e. The van der Waals surface area contributed by atoms with Crippen molar-refractivity contribution in [3.8, 4) is 11.3 Å². The molecule has 3 heterocycles. The molecule has 1 saturated heterocycles. The van der Waals surface area contributed by atoms with E-state index >= 15 is 0 Å². The van der Waals surface area contributed by atoms with Gasteiger partial charge in [-0.2, -0.15) is 13.2 Å². The number of ether oxygens (including phenoxy) is 2. The summed E-state index contributed by atoms with van der Waals surface area (Å²) in [6.45, 7) is 5.47. The van der Waals surface area contributed by atoms with Crippen LogP contribution in [0.15, 0.2) is 48.9 Å². The van der Waals surface area contributed by atoms with Gasteiger partial charge < -0.3 is 14.4 Å². The number of aromatic nitrogens is 4. The van der Waals surface area contributed by atoms with Gasteiger partial charge in [0.1, 0.15) is 11.3 Å². The number of carbonyl (C=O) groups excluding carboxylic acids is 1. The van der Waals surface area contributed by atoms with Crippen molar-refractivity contribution in [3.63, 3.8) is 0 Å². The van der Waals surface area contributed by atoms with Crippen LogP contribution in [-0.4, -0.2) is 55.8 Å². The van der Waals surface area contributed by atoms with Gasteiger partial charge in [0.15, 0.2) is 0 Å². The van der Waals surface area contributed by atoms with Crippen LogP contribution in [0, 0.1) is 0 Å². The monoisotopic (exact) mass is 523 g/mol. The Balaban J connectivity index is 1.57. The first-order valence-corrected chi connectivity index (χ1v) is 11.6. The number of benzene rings is 1. The molecule has 1 aromatic carbocycles. The summed E-state index contributed by atoms with van der Waals surface area (Å²) in [5, 5.41) is 8.57. The molecule has 4 rings (SSSR count). The van der Waals surface area contributed by atoms with Crippen LogP contribution in [-0.2, 0) is 22.3 Å². The second kappa shape index (κ2) is 10.1. The molecule has 2 atom stereocenters. The molecule has 0 bridgehead atoms. The summed E-state index contributed by atoms with van der Waals surface area (Å²) < 4.78 is 52.6. The van der Waals surface area contributed by atoms with E-state index in [1.807, 2.05) is 6.07 Å². The zero-order valence-corrected chi connectivity index (χ0v) is 20.6. The third-order valence-electron chi connectivity index (χ3n) is 5.52. The van der Waals surface area contributed by atoms with E-state index in [2.05, 4.69) is 15.3 Å². The van der Waals surface area contributed by atoms with Gasteiger partial charge in [-0.25, -0.2) is 9.48 Å². The number of pyridine rings is 1. The van der Waals surface area contributed by atoms with Gasteiger partial charge in [-0.05, 0) is 56.7 Å². The topological polar surface area (TPSA) is 82.4 Å². The number of hydrogen-bond acceptors (Lipinski definition) is 6. The molecule has 0 spiro atoms. The van der Waals surface area contributed by atoms with E-state index in [0.717, 1.165) is 17.7 Å². The van der Waals surface area contributed by atoms with Crippen molar-refractivity contribution in [2.24, 2.45) is 0 Å². The summed E-state index contributed by atoms with van der Waals surface area (Å²) in [6, 6.07) is 6.24. The van der Waals surface area contributed by atoms with Crippen LogP contribution in [0.4, 0.5) is 18.0 Å². The Hall–Kier alpha value is -3.18. The van der Waals surface area contributed by atoms with Crippen molar-refractivity contribution in [3.05, 3.63) is 65.1 Å². The van der Waals surface area contributed by atoms with Gasteiger partial charge in [0, 0.05) is 29.5 Å². The number of likely N-dealkylation sites (tertiary alicyclic amines) is 1. The predicted octanol–water partition coefficient (Wildman–Crippen LogP) is 5.39. The lowest BCUT2D eigenvalue weighted by molar-refractivity contribution is -0.137. The van der Waals surface area contributed by atoms with Crippen LogP contribution in [0.1, 0.15) is 37.9 Å².